The van der Waals surface area contributed by atoms with Crippen LogP contribution in [0.5, 0.6) is 0 Å². The average molecular weight is 346 g/mol. The van der Waals surface area contributed by atoms with Crippen LogP contribution in [-0.4, -0.2) is 5.91 Å². The Morgan fingerprint density at radius 3 is 2.36 bits per heavy atom. The third-order valence-corrected chi connectivity index (χ3v) is 3.14. The first-order valence-electron chi connectivity index (χ1n) is 7.01. The number of benzene rings is 2. The normalized spacial score (nSPS) is 11.5. The van der Waals surface area contributed by atoms with Crippen molar-refractivity contribution in [1.82, 2.24) is 0 Å². The minimum atomic E-state index is -4.62. The Kier molecular flexibility index (Phi) is 5.29. The van der Waals surface area contributed by atoms with Crippen LogP contribution in [0.15, 0.2) is 60.3 Å². The highest BCUT2D eigenvalue weighted by atomic mass is 19.4. The van der Waals surface area contributed by atoms with Crippen LogP contribution in [0.3, 0.4) is 0 Å². The third kappa shape index (κ3) is 4.75. The van der Waals surface area contributed by atoms with Gasteiger partial charge < -0.3 is 16.4 Å². The van der Waals surface area contributed by atoms with Crippen molar-refractivity contribution in [1.29, 1.82) is 5.26 Å². The number of nitriles is 1. The van der Waals surface area contributed by atoms with E-state index < -0.39 is 23.3 Å². The number of nitrogen functional groups attached to an aromatic ring is 1. The second-order valence-electron chi connectivity index (χ2n) is 4.93. The number of halogens is 3. The molecule has 0 radical (unpaired) electrons. The number of alkyl halides is 3. The van der Waals surface area contributed by atoms with E-state index in [4.69, 9.17) is 11.0 Å². The number of amides is 1. The fourth-order valence-corrected chi connectivity index (χ4v) is 1.91. The molecule has 0 unspecified atom stereocenters. The van der Waals surface area contributed by atoms with E-state index in [1.165, 1.54) is 12.1 Å². The zero-order chi connectivity index (χ0) is 18.4. The predicted octanol–water partition coefficient (Wildman–Crippen LogP) is 3.75. The van der Waals surface area contributed by atoms with E-state index >= 15 is 0 Å². The summed E-state index contributed by atoms with van der Waals surface area (Å²) in [6.07, 6.45) is -3.51. The third-order valence-electron chi connectivity index (χ3n) is 3.14. The molecule has 1 amide bonds. The number of nitrogens with one attached hydrogen (secondary N) is 2. The van der Waals surface area contributed by atoms with Gasteiger partial charge >= 0.3 is 6.18 Å². The number of nitrogens with two attached hydrogens (primary N) is 1. The molecular formula is C17H13F3N4O. The minimum Gasteiger partial charge on any atom is -0.399 e. The van der Waals surface area contributed by atoms with Gasteiger partial charge in [-0.25, -0.2) is 0 Å². The molecule has 0 saturated heterocycles. The molecular weight excluding hydrogens is 333 g/mol. The van der Waals surface area contributed by atoms with Crippen molar-refractivity contribution in [3.63, 3.8) is 0 Å². The highest BCUT2D eigenvalue weighted by molar-refractivity contribution is 6.07. The second-order valence-corrected chi connectivity index (χ2v) is 4.93. The van der Waals surface area contributed by atoms with E-state index in [1.54, 1.807) is 30.3 Å². The molecule has 0 fully saturated rings. The molecule has 2 rings (SSSR count). The molecule has 8 heteroatoms. The maximum atomic E-state index is 12.9. The monoisotopic (exact) mass is 346 g/mol. The van der Waals surface area contributed by atoms with Crippen molar-refractivity contribution in [3.05, 3.63) is 65.9 Å². The molecule has 0 saturated carbocycles. The molecule has 0 aliphatic heterocycles. The maximum Gasteiger partial charge on any atom is 0.418 e. The maximum absolute atomic E-state index is 12.9. The van der Waals surface area contributed by atoms with Gasteiger partial charge in [0.1, 0.15) is 11.6 Å². The van der Waals surface area contributed by atoms with Crippen LogP contribution in [-0.2, 0) is 11.0 Å². The average Bonchev–Trinajstić information content (AvgIpc) is 2.56. The molecule has 0 heterocycles. The first kappa shape index (κ1) is 17.9. The molecule has 25 heavy (non-hydrogen) atoms. The highest BCUT2D eigenvalue weighted by Crippen LogP contribution is 2.34. The molecule has 5 nitrogen and oxygen atoms in total. The van der Waals surface area contributed by atoms with Gasteiger partial charge in [-0.15, -0.1) is 0 Å². The molecule has 0 atom stereocenters. The molecule has 0 aliphatic rings. The zero-order valence-corrected chi connectivity index (χ0v) is 12.8. The van der Waals surface area contributed by atoms with Crippen molar-refractivity contribution < 1.29 is 18.0 Å². The summed E-state index contributed by atoms with van der Waals surface area (Å²) in [6, 6.07) is 12.6. The van der Waals surface area contributed by atoms with Gasteiger partial charge in [0.25, 0.3) is 5.91 Å². The smallest absolute Gasteiger partial charge is 0.399 e. The van der Waals surface area contributed by atoms with Crippen molar-refractivity contribution >= 4 is 23.0 Å². The van der Waals surface area contributed by atoms with Gasteiger partial charge in [0.2, 0.25) is 0 Å². The van der Waals surface area contributed by atoms with Crippen LogP contribution >= 0.6 is 0 Å². The summed E-state index contributed by atoms with van der Waals surface area (Å²) in [7, 11) is 0. The summed E-state index contributed by atoms with van der Waals surface area (Å²) in [4.78, 5) is 12.1. The lowest BCUT2D eigenvalue weighted by atomic mass is 10.1. The van der Waals surface area contributed by atoms with E-state index in [-0.39, 0.29) is 5.57 Å². The quantitative estimate of drug-likeness (QED) is 0.447. The SMILES string of the molecule is N#C/C(=C/Nc1ccc(N)cc1)C(=O)Nc1ccccc1C(F)(F)F. The Morgan fingerprint density at radius 2 is 1.76 bits per heavy atom. The fraction of sp³-hybridized carbons (Fsp3) is 0.0588. The van der Waals surface area contributed by atoms with E-state index in [0.29, 0.717) is 11.4 Å². The number of anilines is 3. The van der Waals surface area contributed by atoms with Crippen LogP contribution in [0.1, 0.15) is 5.56 Å². The van der Waals surface area contributed by atoms with Gasteiger partial charge in [-0.1, -0.05) is 12.1 Å². The first-order chi connectivity index (χ1) is 11.8. The summed E-state index contributed by atoms with van der Waals surface area (Å²) in [6.45, 7) is 0. The molecule has 0 aliphatic carbocycles. The Bertz CT molecular complexity index is 836. The van der Waals surface area contributed by atoms with Gasteiger partial charge in [0.15, 0.2) is 0 Å². The second kappa shape index (κ2) is 7.40. The molecule has 0 aromatic heterocycles. The van der Waals surface area contributed by atoms with Crippen LogP contribution in [0.4, 0.5) is 30.2 Å². The van der Waals surface area contributed by atoms with Gasteiger partial charge in [0.05, 0.1) is 11.3 Å². The Hall–Kier alpha value is -3.47. The van der Waals surface area contributed by atoms with Crippen molar-refractivity contribution in [3.8, 4) is 6.07 Å². The summed E-state index contributed by atoms with van der Waals surface area (Å²) in [5.74, 6) is -0.956. The van der Waals surface area contributed by atoms with Crippen LogP contribution in [0.25, 0.3) is 0 Å². The number of hydrogen-bond acceptors (Lipinski definition) is 4. The first-order valence-corrected chi connectivity index (χ1v) is 7.01. The van der Waals surface area contributed by atoms with Crippen LogP contribution in [0, 0.1) is 11.3 Å². The number of carbonyl (C=O) groups is 1. The number of para-hydroxylation sites is 1. The number of nitrogens with zero attached hydrogens (tertiary/aromatic N) is 1. The number of carbonyl (C=O) groups excluding carboxylic acids is 1. The van der Waals surface area contributed by atoms with Crippen LogP contribution < -0.4 is 16.4 Å². The predicted molar refractivity (Wildman–Crippen MR) is 88.2 cm³/mol. The fourth-order valence-electron chi connectivity index (χ4n) is 1.91. The molecule has 2 aromatic carbocycles. The zero-order valence-electron chi connectivity index (χ0n) is 12.8. The Labute approximate surface area is 141 Å². The van der Waals surface area contributed by atoms with Gasteiger partial charge in [-0.3, -0.25) is 4.79 Å². The van der Waals surface area contributed by atoms with Gasteiger partial charge in [0, 0.05) is 17.6 Å². The summed E-state index contributed by atoms with van der Waals surface area (Å²) >= 11 is 0. The molecule has 0 spiro atoms. The molecule has 0 bridgehead atoms. The van der Waals surface area contributed by atoms with Crippen molar-refractivity contribution in [2.75, 3.05) is 16.4 Å². The summed E-state index contributed by atoms with van der Waals surface area (Å²) in [5.41, 5.74) is 4.84. The van der Waals surface area contributed by atoms with Crippen molar-refractivity contribution in [2.24, 2.45) is 0 Å². The van der Waals surface area contributed by atoms with E-state index in [0.717, 1.165) is 18.3 Å². The largest absolute Gasteiger partial charge is 0.418 e. The van der Waals surface area contributed by atoms with E-state index in [9.17, 15) is 18.0 Å². The van der Waals surface area contributed by atoms with Gasteiger partial charge in [-0.2, -0.15) is 18.4 Å². The number of hydrogen-bond donors (Lipinski definition) is 3. The standard InChI is InChI=1S/C17H13F3N4O/c18-17(19,20)14-3-1-2-4-15(14)24-16(25)11(9-21)10-23-13-7-5-12(22)6-8-13/h1-8,10,23H,22H2,(H,24,25)/b11-10-. The summed E-state index contributed by atoms with van der Waals surface area (Å²) < 4.78 is 38.8. The Morgan fingerprint density at radius 1 is 1.12 bits per heavy atom. The van der Waals surface area contributed by atoms with Gasteiger partial charge in [-0.05, 0) is 36.4 Å². The van der Waals surface area contributed by atoms with E-state index in [1.807, 2.05) is 0 Å². The topological polar surface area (TPSA) is 90.9 Å². The highest BCUT2D eigenvalue weighted by Gasteiger charge is 2.33. The Balaban J connectivity index is 2.17. The lowest BCUT2D eigenvalue weighted by Crippen LogP contribution is -2.18. The minimum absolute atomic E-state index is 0.381. The molecule has 4 N–H and O–H groups in total. The van der Waals surface area contributed by atoms with E-state index in [2.05, 4.69) is 10.6 Å². The molecule has 128 valence electrons. The lowest BCUT2D eigenvalue weighted by molar-refractivity contribution is -0.137. The van der Waals surface area contributed by atoms with Crippen molar-refractivity contribution in [2.45, 2.75) is 6.18 Å². The van der Waals surface area contributed by atoms with Crippen LogP contribution in [0.2, 0.25) is 0 Å². The number of rotatable bonds is 4. The summed E-state index contributed by atoms with van der Waals surface area (Å²) in [5, 5.41) is 13.9. The molecule has 2 aromatic rings. The lowest BCUT2D eigenvalue weighted by Gasteiger charge is -2.13.